The van der Waals surface area contributed by atoms with Crippen molar-refractivity contribution >= 4 is 46.3 Å². The molecule has 3 aliphatic heterocycles. The quantitative estimate of drug-likeness (QED) is 0.617. The van der Waals surface area contributed by atoms with E-state index in [-0.39, 0.29) is 17.5 Å². The van der Waals surface area contributed by atoms with Crippen LogP contribution in [-0.4, -0.2) is 29.6 Å². The number of Topliss-reactive ketones (excluding diaryl/α,β-unsaturated/α-hetero) is 2. The van der Waals surface area contributed by atoms with Crippen molar-refractivity contribution in [2.24, 2.45) is 5.92 Å². The van der Waals surface area contributed by atoms with Gasteiger partial charge in [-0.1, -0.05) is 54.6 Å². The van der Waals surface area contributed by atoms with Crippen LogP contribution in [0.3, 0.4) is 0 Å². The third-order valence-electron chi connectivity index (χ3n) is 7.00. The minimum absolute atomic E-state index is 0.121. The first-order chi connectivity index (χ1) is 15.5. The summed E-state index contributed by atoms with van der Waals surface area (Å²) in [5.74, 6) is -1.35. The summed E-state index contributed by atoms with van der Waals surface area (Å²) >= 11 is 1.35. The van der Waals surface area contributed by atoms with Gasteiger partial charge in [-0.25, -0.2) is 0 Å². The number of thiophene rings is 1. The summed E-state index contributed by atoms with van der Waals surface area (Å²) in [6.07, 6.45) is 3.99. The minimum Gasteiger partial charge on any atom is -0.352 e. The van der Waals surface area contributed by atoms with Gasteiger partial charge in [0.2, 0.25) is 5.91 Å². The molecule has 0 saturated carbocycles. The third kappa shape index (κ3) is 2.30. The normalized spacial score (nSPS) is 27.1. The number of amides is 1. The Hall–Kier alpha value is -3.51. The van der Waals surface area contributed by atoms with Crippen LogP contribution in [0, 0.1) is 5.92 Å². The lowest BCUT2D eigenvalue weighted by atomic mass is 9.65. The maximum absolute atomic E-state index is 14.0. The highest BCUT2D eigenvalue weighted by Crippen LogP contribution is 2.57. The lowest BCUT2D eigenvalue weighted by molar-refractivity contribution is -0.122. The number of rotatable bonds is 3. The van der Waals surface area contributed by atoms with Crippen molar-refractivity contribution in [3.63, 3.8) is 0 Å². The summed E-state index contributed by atoms with van der Waals surface area (Å²) in [7, 11) is 0. The lowest BCUT2D eigenvalue weighted by Gasteiger charge is -2.37. The highest BCUT2D eigenvalue weighted by molar-refractivity contribution is 7.12. The molecule has 1 aromatic heterocycles. The number of nitrogens with zero attached hydrogens (tertiary/aromatic N) is 1. The lowest BCUT2D eigenvalue weighted by Crippen LogP contribution is -2.51. The molecule has 0 aliphatic carbocycles. The number of hydrogen-bond acceptors (Lipinski definition) is 5. The topological polar surface area (TPSA) is 66.5 Å². The van der Waals surface area contributed by atoms with Crippen LogP contribution in [0.25, 0.3) is 6.08 Å². The predicted molar refractivity (Wildman–Crippen MR) is 125 cm³/mol. The number of para-hydroxylation sites is 2. The first kappa shape index (κ1) is 19.2. The fourth-order valence-corrected chi connectivity index (χ4v) is 6.55. The maximum atomic E-state index is 14.0. The maximum Gasteiger partial charge on any atom is 0.238 e. The molecule has 158 valence electrons. The van der Waals surface area contributed by atoms with Gasteiger partial charge in [0.1, 0.15) is 5.41 Å². The van der Waals surface area contributed by atoms with Crippen molar-refractivity contribution in [2.75, 3.05) is 10.2 Å². The van der Waals surface area contributed by atoms with Gasteiger partial charge >= 0.3 is 0 Å². The zero-order valence-electron chi connectivity index (χ0n) is 17.3. The third-order valence-corrected chi connectivity index (χ3v) is 7.89. The molecule has 2 aromatic carbocycles. The molecule has 5 nitrogen and oxygen atoms in total. The van der Waals surface area contributed by atoms with Gasteiger partial charge in [-0.2, -0.15) is 0 Å². The average Bonchev–Trinajstić information content (AvgIpc) is 3.50. The Bertz CT molecular complexity index is 1310. The number of carbonyl (C=O) groups is 3. The SMILES string of the molecule is CC(=O)C1C(C(=O)c2cccs2)C2(C(=O)Nc3ccccc32)C2C=Cc3ccccc3N12. The fraction of sp³-hybridized carbons (Fsp3) is 0.192. The smallest absolute Gasteiger partial charge is 0.238 e. The van der Waals surface area contributed by atoms with Crippen LogP contribution in [0.15, 0.2) is 72.1 Å². The molecule has 1 amide bonds. The molecule has 1 N–H and O–H groups in total. The van der Waals surface area contributed by atoms with E-state index in [0.717, 1.165) is 16.8 Å². The minimum atomic E-state index is -1.20. The molecule has 1 fully saturated rings. The zero-order chi connectivity index (χ0) is 22.0. The second-order valence-electron chi connectivity index (χ2n) is 8.51. The largest absolute Gasteiger partial charge is 0.352 e. The first-order valence-electron chi connectivity index (χ1n) is 10.6. The van der Waals surface area contributed by atoms with Crippen LogP contribution >= 0.6 is 11.3 Å². The second-order valence-corrected chi connectivity index (χ2v) is 9.46. The molecule has 6 rings (SSSR count). The van der Waals surface area contributed by atoms with E-state index in [4.69, 9.17) is 0 Å². The fourth-order valence-electron chi connectivity index (χ4n) is 5.84. The van der Waals surface area contributed by atoms with Crippen molar-refractivity contribution in [3.8, 4) is 0 Å². The molecule has 0 radical (unpaired) electrons. The second kappa shape index (κ2) is 6.74. The molecule has 1 spiro atoms. The number of fused-ring (bicyclic) bond motifs is 6. The molecule has 4 unspecified atom stereocenters. The van der Waals surface area contributed by atoms with Crippen LogP contribution in [-0.2, 0) is 15.0 Å². The number of hydrogen-bond donors (Lipinski definition) is 1. The Balaban J connectivity index is 1.68. The van der Waals surface area contributed by atoms with Gasteiger partial charge in [0.15, 0.2) is 11.6 Å². The summed E-state index contributed by atoms with van der Waals surface area (Å²) in [5, 5.41) is 4.87. The van der Waals surface area contributed by atoms with E-state index in [1.165, 1.54) is 18.3 Å². The van der Waals surface area contributed by atoms with Crippen molar-refractivity contribution in [3.05, 3.63) is 88.1 Å². The Kier molecular flexibility index (Phi) is 4.04. The Labute approximate surface area is 189 Å². The monoisotopic (exact) mass is 440 g/mol. The molecule has 4 heterocycles. The van der Waals surface area contributed by atoms with Gasteiger partial charge in [-0.15, -0.1) is 11.3 Å². The van der Waals surface area contributed by atoms with Crippen molar-refractivity contribution < 1.29 is 14.4 Å². The molecule has 32 heavy (non-hydrogen) atoms. The standard InChI is InChI=1S/C26H20N2O3S/c1-15(29)23-22(24(30)20-11-6-14-32-20)26(17-8-3-4-9-18(17)27-25(26)31)21-13-12-16-7-2-5-10-19(16)28(21)23/h2-14,21-23H,1H3,(H,27,31). The molecular formula is C26H20N2O3S. The summed E-state index contributed by atoms with van der Waals surface area (Å²) in [5.41, 5.74) is 2.14. The van der Waals surface area contributed by atoms with Gasteiger partial charge in [-0.05, 0) is 41.6 Å². The van der Waals surface area contributed by atoms with Crippen molar-refractivity contribution in [1.82, 2.24) is 0 Å². The van der Waals surface area contributed by atoms with Gasteiger partial charge in [0, 0.05) is 11.4 Å². The number of carbonyl (C=O) groups excluding carboxylic acids is 3. The van der Waals surface area contributed by atoms with Gasteiger partial charge < -0.3 is 10.2 Å². The number of benzene rings is 2. The van der Waals surface area contributed by atoms with Gasteiger partial charge in [-0.3, -0.25) is 14.4 Å². The highest BCUT2D eigenvalue weighted by atomic mass is 32.1. The van der Waals surface area contributed by atoms with E-state index in [2.05, 4.69) is 5.32 Å². The van der Waals surface area contributed by atoms with Crippen LogP contribution in [0.1, 0.15) is 27.7 Å². The van der Waals surface area contributed by atoms with Gasteiger partial charge in [0.25, 0.3) is 0 Å². The molecule has 3 aliphatic rings. The van der Waals surface area contributed by atoms with Crippen LogP contribution < -0.4 is 10.2 Å². The molecule has 6 heteroatoms. The Morgan fingerprint density at radius 3 is 2.59 bits per heavy atom. The molecule has 1 saturated heterocycles. The molecular weight excluding hydrogens is 420 g/mol. The van der Waals surface area contributed by atoms with Crippen molar-refractivity contribution in [2.45, 2.75) is 24.4 Å². The first-order valence-corrected chi connectivity index (χ1v) is 11.5. The number of nitrogens with one attached hydrogen (secondary N) is 1. The van der Waals surface area contributed by atoms with E-state index in [9.17, 15) is 14.4 Å². The van der Waals surface area contributed by atoms with E-state index in [1.807, 2.05) is 77.0 Å². The van der Waals surface area contributed by atoms with E-state index < -0.39 is 23.4 Å². The van der Waals surface area contributed by atoms with Crippen LogP contribution in [0.2, 0.25) is 0 Å². The van der Waals surface area contributed by atoms with Crippen LogP contribution in [0.4, 0.5) is 11.4 Å². The molecule has 4 atom stereocenters. The Morgan fingerprint density at radius 2 is 1.81 bits per heavy atom. The molecule has 0 bridgehead atoms. The number of ketones is 2. The van der Waals surface area contributed by atoms with E-state index in [1.54, 1.807) is 6.07 Å². The van der Waals surface area contributed by atoms with Crippen LogP contribution in [0.5, 0.6) is 0 Å². The zero-order valence-corrected chi connectivity index (χ0v) is 18.1. The number of anilines is 2. The predicted octanol–water partition coefficient (Wildman–Crippen LogP) is 4.31. The average molecular weight is 441 g/mol. The molecule has 3 aromatic rings. The summed E-state index contributed by atoms with van der Waals surface area (Å²) in [6.45, 7) is 1.52. The summed E-state index contributed by atoms with van der Waals surface area (Å²) < 4.78 is 0. The van der Waals surface area contributed by atoms with Crippen molar-refractivity contribution in [1.29, 1.82) is 0 Å². The van der Waals surface area contributed by atoms with E-state index >= 15 is 0 Å². The summed E-state index contributed by atoms with van der Waals surface area (Å²) in [4.78, 5) is 43.6. The summed E-state index contributed by atoms with van der Waals surface area (Å²) in [6, 6.07) is 17.8. The van der Waals surface area contributed by atoms with E-state index in [0.29, 0.717) is 10.6 Å². The van der Waals surface area contributed by atoms with Gasteiger partial charge in [0.05, 0.1) is 22.9 Å². The highest BCUT2D eigenvalue weighted by Gasteiger charge is 2.69. The Morgan fingerprint density at radius 1 is 1.03 bits per heavy atom.